The van der Waals surface area contributed by atoms with Crippen molar-refractivity contribution in [3.8, 4) is 5.75 Å². The van der Waals surface area contributed by atoms with Gasteiger partial charge in [-0.05, 0) is 42.3 Å². The first-order chi connectivity index (χ1) is 12.8. The molecule has 0 aliphatic carbocycles. The van der Waals surface area contributed by atoms with E-state index < -0.39 is 0 Å². The van der Waals surface area contributed by atoms with Gasteiger partial charge in [-0.25, -0.2) is 0 Å². The van der Waals surface area contributed by atoms with E-state index in [1.807, 2.05) is 24.3 Å². The molecule has 0 spiro atoms. The molecule has 0 atom stereocenters. The molecule has 0 bridgehead atoms. The Morgan fingerprint density at radius 3 is 2.37 bits per heavy atom. The van der Waals surface area contributed by atoms with Crippen LogP contribution in [0.5, 0.6) is 5.75 Å². The number of anilines is 2. The molecule has 2 N–H and O–H groups in total. The number of amides is 2. The lowest BCUT2D eigenvalue weighted by Gasteiger charge is -2.12. The summed E-state index contributed by atoms with van der Waals surface area (Å²) in [5.74, 6) is 0.950. The highest BCUT2D eigenvalue weighted by Crippen LogP contribution is 2.18. The van der Waals surface area contributed by atoms with Gasteiger partial charge >= 0.3 is 0 Å². The standard InChI is InChI=1S/C21H27N3O3/c1-15(2)14-27-19-7-5-6-18(12-19)23-20(25)13-22-17-10-8-16(9-11-17)21(26)24(3)4/h5-12,15,22H,13-14H2,1-4H3,(H,23,25). The van der Waals surface area contributed by atoms with Crippen molar-refractivity contribution in [3.05, 3.63) is 54.1 Å². The van der Waals surface area contributed by atoms with Crippen molar-refractivity contribution < 1.29 is 14.3 Å². The molecule has 2 rings (SSSR count). The summed E-state index contributed by atoms with van der Waals surface area (Å²) >= 11 is 0. The third-order valence-electron chi connectivity index (χ3n) is 3.69. The predicted molar refractivity (Wildman–Crippen MR) is 108 cm³/mol. The van der Waals surface area contributed by atoms with Gasteiger partial charge in [-0.2, -0.15) is 0 Å². The number of nitrogens with one attached hydrogen (secondary N) is 2. The zero-order valence-electron chi connectivity index (χ0n) is 16.3. The van der Waals surface area contributed by atoms with Crippen molar-refractivity contribution in [2.75, 3.05) is 37.9 Å². The summed E-state index contributed by atoms with van der Waals surface area (Å²) in [5.41, 5.74) is 2.07. The number of ether oxygens (including phenoxy) is 1. The molecule has 0 fully saturated rings. The molecule has 0 aromatic heterocycles. The van der Waals surface area contributed by atoms with Crippen molar-refractivity contribution in [3.63, 3.8) is 0 Å². The van der Waals surface area contributed by atoms with Crippen molar-refractivity contribution in [1.29, 1.82) is 0 Å². The number of carbonyl (C=O) groups is 2. The van der Waals surface area contributed by atoms with Crippen molar-refractivity contribution in [2.45, 2.75) is 13.8 Å². The van der Waals surface area contributed by atoms with Gasteiger partial charge < -0.3 is 20.3 Å². The molecule has 0 aliphatic heterocycles. The van der Waals surface area contributed by atoms with E-state index in [9.17, 15) is 9.59 Å². The van der Waals surface area contributed by atoms with Crippen LogP contribution in [0.15, 0.2) is 48.5 Å². The summed E-state index contributed by atoms with van der Waals surface area (Å²) in [6, 6.07) is 14.4. The second-order valence-electron chi connectivity index (χ2n) is 6.91. The fourth-order valence-electron chi connectivity index (χ4n) is 2.30. The van der Waals surface area contributed by atoms with E-state index in [2.05, 4.69) is 24.5 Å². The van der Waals surface area contributed by atoms with E-state index in [0.29, 0.717) is 23.8 Å². The van der Waals surface area contributed by atoms with E-state index >= 15 is 0 Å². The van der Waals surface area contributed by atoms with E-state index in [1.165, 1.54) is 4.90 Å². The molecule has 2 aromatic rings. The topological polar surface area (TPSA) is 70.7 Å². The largest absolute Gasteiger partial charge is 0.493 e. The van der Waals surface area contributed by atoms with E-state index in [4.69, 9.17) is 4.74 Å². The molecule has 0 saturated carbocycles. The minimum absolute atomic E-state index is 0.0566. The second kappa shape index (κ2) is 9.62. The van der Waals surface area contributed by atoms with Gasteiger partial charge in [-0.1, -0.05) is 19.9 Å². The van der Waals surface area contributed by atoms with Crippen LogP contribution in [0.4, 0.5) is 11.4 Å². The molecule has 0 unspecified atom stereocenters. The number of hydrogen-bond acceptors (Lipinski definition) is 4. The van der Waals surface area contributed by atoms with E-state index in [1.54, 1.807) is 38.4 Å². The lowest BCUT2D eigenvalue weighted by atomic mass is 10.2. The lowest BCUT2D eigenvalue weighted by molar-refractivity contribution is -0.114. The zero-order valence-corrected chi connectivity index (χ0v) is 16.3. The zero-order chi connectivity index (χ0) is 19.8. The van der Waals surface area contributed by atoms with Crippen LogP contribution in [0.3, 0.4) is 0 Å². The minimum Gasteiger partial charge on any atom is -0.493 e. The lowest BCUT2D eigenvalue weighted by Crippen LogP contribution is -2.22. The van der Waals surface area contributed by atoms with Crippen LogP contribution < -0.4 is 15.4 Å². The summed E-state index contributed by atoms with van der Waals surface area (Å²) in [7, 11) is 3.42. The average Bonchev–Trinajstić information content (AvgIpc) is 2.65. The Bertz CT molecular complexity index is 770. The first-order valence-corrected chi connectivity index (χ1v) is 8.93. The number of rotatable bonds is 8. The normalized spacial score (nSPS) is 10.4. The van der Waals surface area contributed by atoms with Crippen LogP contribution in [0.1, 0.15) is 24.2 Å². The molecular weight excluding hydrogens is 342 g/mol. The monoisotopic (exact) mass is 369 g/mol. The Morgan fingerprint density at radius 1 is 1.04 bits per heavy atom. The highest BCUT2D eigenvalue weighted by molar-refractivity contribution is 5.95. The maximum absolute atomic E-state index is 12.2. The highest BCUT2D eigenvalue weighted by atomic mass is 16.5. The van der Waals surface area contributed by atoms with Gasteiger partial charge in [-0.3, -0.25) is 9.59 Å². The van der Waals surface area contributed by atoms with Gasteiger partial charge in [0, 0.05) is 37.1 Å². The highest BCUT2D eigenvalue weighted by Gasteiger charge is 2.08. The fraction of sp³-hybridized carbons (Fsp3) is 0.333. The first-order valence-electron chi connectivity index (χ1n) is 8.93. The summed E-state index contributed by atoms with van der Waals surface area (Å²) in [5, 5.41) is 5.89. The number of benzene rings is 2. The van der Waals surface area contributed by atoms with Gasteiger partial charge in [0.15, 0.2) is 0 Å². The smallest absolute Gasteiger partial charge is 0.253 e. The van der Waals surface area contributed by atoms with E-state index in [0.717, 1.165) is 11.4 Å². The van der Waals surface area contributed by atoms with Crippen molar-refractivity contribution >= 4 is 23.2 Å². The third kappa shape index (κ3) is 6.66. The fourth-order valence-corrected chi connectivity index (χ4v) is 2.30. The minimum atomic E-state index is -0.163. The summed E-state index contributed by atoms with van der Waals surface area (Å²) < 4.78 is 5.67. The molecule has 0 heterocycles. The Labute approximate surface area is 160 Å². The van der Waals surface area contributed by atoms with Gasteiger partial charge in [0.2, 0.25) is 5.91 Å². The van der Waals surface area contributed by atoms with Crippen LogP contribution in [-0.4, -0.2) is 44.0 Å². The maximum Gasteiger partial charge on any atom is 0.253 e. The average molecular weight is 369 g/mol. The summed E-state index contributed by atoms with van der Waals surface area (Å²) in [6.07, 6.45) is 0. The van der Waals surface area contributed by atoms with Crippen molar-refractivity contribution in [2.24, 2.45) is 5.92 Å². The quantitative estimate of drug-likeness (QED) is 0.747. The van der Waals surface area contributed by atoms with Crippen LogP contribution in [-0.2, 0) is 4.79 Å². The predicted octanol–water partition coefficient (Wildman–Crippen LogP) is 3.47. The number of nitrogens with zero attached hydrogens (tertiary/aromatic N) is 1. The molecular formula is C21H27N3O3. The number of hydrogen-bond donors (Lipinski definition) is 2. The molecule has 6 nitrogen and oxygen atoms in total. The number of carbonyl (C=O) groups excluding carboxylic acids is 2. The van der Waals surface area contributed by atoms with E-state index in [-0.39, 0.29) is 18.4 Å². The Hall–Kier alpha value is -3.02. The Kier molecular flexibility index (Phi) is 7.23. The third-order valence-corrected chi connectivity index (χ3v) is 3.69. The summed E-state index contributed by atoms with van der Waals surface area (Å²) in [4.78, 5) is 25.5. The molecule has 6 heteroatoms. The van der Waals surface area contributed by atoms with Crippen LogP contribution >= 0.6 is 0 Å². The molecule has 2 amide bonds. The summed E-state index contributed by atoms with van der Waals surface area (Å²) in [6.45, 7) is 4.92. The van der Waals surface area contributed by atoms with Crippen LogP contribution in [0.2, 0.25) is 0 Å². The second-order valence-corrected chi connectivity index (χ2v) is 6.91. The van der Waals surface area contributed by atoms with Gasteiger partial charge in [0.1, 0.15) is 5.75 Å². The van der Waals surface area contributed by atoms with Crippen molar-refractivity contribution in [1.82, 2.24) is 4.90 Å². The molecule has 0 aliphatic rings. The van der Waals surface area contributed by atoms with Gasteiger partial charge in [0.25, 0.3) is 5.91 Å². The molecule has 0 saturated heterocycles. The molecule has 2 aromatic carbocycles. The molecule has 27 heavy (non-hydrogen) atoms. The van der Waals surface area contributed by atoms with Gasteiger partial charge in [0.05, 0.1) is 13.2 Å². The Morgan fingerprint density at radius 2 is 1.74 bits per heavy atom. The molecule has 144 valence electrons. The van der Waals surface area contributed by atoms with Gasteiger partial charge in [-0.15, -0.1) is 0 Å². The SMILES string of the molecule is CC(C)COc1cccc(NC(=O)CNc2ccc(C(=O)N(C)C)cc2)c1. The Balaban J connectivity index is 1.85. The molecule has 0 radical (unpaired) electrons. The maximum atomic E-state index is 12.2. The van der Waals surface area contributed by atoms with Crippen LogP contribution in [0, 0.1) is 5.92 Å². The van der Waals surface area contributed by atoms with Crippen LogP contribution in [0.25, 0.3) is 0 Å². The first kappa shape index (κ1) is 20.3.